The standard InChI is InChI=1S/C24H28N4OS/c1-2-29-23(22(25)18-9-5-3-6-10-18)19-11-12-20-21(17-19)30-24(27-20)26-13-16-28-14-7-4-8-15-28/h2-3,5-6,9-12,17H,1,4,7-8,13-16,25H2,(H,26,27)/b23-22-. The number of anilines is 1. The van der Waals surface area contributed by atoms with Gasteiger partial charge in [-0.1, -0.05) is 54.7 Å². The van der Waals surface area contributed by atoms with Gasteiger partial charge < -0.3 is 20.7 Å². The summed E-state index contributed by atoms with van der Waals surface area (Å²) in [5.41, 5.74) is 9.80. The third-order valence-electron chi connectivity index (χ3n) is 5.33. The topological polar surface area (TPSA) is 63.4 Å². The van der Waals surface area contributed by atoms with Crippen molar-refractivity contribution in [1.29, 1.82) is 0 Å². The molecule has 30 heavy (non-hydrogen) atoms. The lowest BCUT2D eigenvalue weighted by Gasteiger charge is -2.26. The molecule has 0 radical (unpaired) electrons. The highest BCUT2D eigenvalue weighted by Gasteiger charge is 2.13. The SMILES string of the molecule is C=CO/C(=C(\N)c1ccccc1)c1ccc2nc(NCCN3CCCCC3)sc2c1. The third-order valence-corrected chi connectivity index (χ3v) is 6.31. The van der Waals surface area contributed by atoms with Crippen molar-refractivity contribution in [3.8, 4) is 0 Å². The number of nitrogens with one attached hydrogen (secondary N) is 1. The largest absolute Gasteiger partial charge is 0.463 e. The fourth-order valence-corrected chi connectivity index (χ4v) is 4.70. The molecule has 6 heteroatoms. The van der Waals surface area contributed by atoms with Gasteiger partial charge in [-0.2, -0.15) is 0 Å². The number of piperidine rings is 1. The van der Waals surface area contributed by atoms with E-state index >= 15 is 0 Å². The maximum Gasteiger partial charge on any atom is 0.183 e. The molecular weight excluding hydrogens is 392 g/mol. The second-order valence-corrected chi connectivity index (χ2v) is 8.45. The van der Waals surface area contributed by atoms with Crippen molar-refractivity contribution in [2.75, 3.05) is 31.5 Å². The highest BCUT2D eigenvalue weighted by Crippen LogP contribution is 2.31. The Labute approximate surface area is 181 Å². The molecule has 3 N–H and O–H groups in total. The molecule has 0 unspecified atom stereocenters. The summed E-state index contributed by atoms with van der Waals surface area (Å²) in [7, 11) is 0. The lowest BCUT2D eigenvalue weighted by Crippen LogP contribution is -2.33. The summed E-state index contributed by atoms with van der Waals surface area (Å²) in [6.07, 6.45) is 5.41. The number of benzene rings is 2. The van der Waals surface area contributed by atoms with Crippen LogP contribution in [-0.2, 0) is 4.74 Å². The van der Waals surface area contributed by atoms with Crippen LogP contribution in [0, 0.1) is 0 Å². The Morgan fingerprint density at radius 1 is 1.13 bits per heavy atom. The van der Waals surface area contributed by atoms with Gasteiger partial charge in [0.2, 0.25) is 0 Å². The van der Waals surface area contributed by atoms with Crippen LogP contribution in [0.2, 0.25) is 0 Å². The summed E-state index contributed by atoms with van der Waals surface area (Å²) in [4.78, 5) is 7.25. The Kier molecular flexibility index (Phi) is 6.67. The molecule has 0 aliphatic carbocycles. The molecule has 1 fully saturated rings. The number of nitrogens with zero attached hydrogens (tertiary/aromatic N) is 2. The van der Waals surface area contributed by atoms with Crippen molar-refractivity contribution in [3.63, 3.8) is 0 Å². The van der Waals surface area contributed by atoms with Crippen LogP contribution in [0.1, 0.15) is 30.4 Å². The van der Waals surface area contributed by atoms with Crippen LogP contribution in [0.5, 0.6) is 0 Å². The van der Waals surface area contributed by atoms with Crippen molar-refractivity contribution in [2.45, 2.75) is 19.3 Å². The molecule has 5 nitrogen and oxygen atoms in total. The number of ether oxygens (including phenoxy) is 1. The first-order chi connectivity index (χ1) is 14.7. The van der Waals surface area contributed by atoms with Gasteiger partial charge in [0.1, 0.15) is 0 Å². The van der Waals surface area contributed by atoms with E-state index in [0.717, 1.165) is 39.6 Å². The second-order valence-electron chi connectivity index (χ2n) is 7.42. The zero-order valence-electron chi connectivity index (χ0n) is 17.1. The van der Waals surface area contributed by atoms with Crippen LogP contribution in [0.25, 0.3) is 21.7 Å². The molecule has 156 valence electrons. The molecule has 4 rings (SSSR count). The lowest BCUT2D eigenvalue weighted by molar-refractivity contribution is 0.237. The van der Waals surface area contributed by atoms with Gasteiger partial charge in [0, 0.05) is 24.2 Å². The van der Waals surface area contributed by atoms with E-state index in [1.807, 2.05) is 42.5 Å². The summed E-state index contributed by atoms with van der Waals surface area (Å²) in [6, 6.07) is 15.9. The van der Waals surface area contributed by atoms with E-state index in [1.165, 1.54) is 38.6 Å². The molecule has 0 amide bonds. The first-order valence-electron chi connectivity index (χ1n) is 10.4. The van der Waals surface area contributed by atoms with E-state index in [9.17, 15) is 0 Å². The van der Waals surface area contributed by atoms with Crippen molar-refractivity contribution in [2.24, 2.45) is 5.73 Å². The first kappa shape index (κ1) is 20.4. The average molecular weight is 421 g/mol. The number of fused-ring (bicyclic) bond motifs is 1. The van der Waals surface area contributed by atoms with Gasteiger partial charge in [-0.15, -0.1) is 0 Å². The fraction of sp³-hybridized carbons (Fsp3) is 0.292. The smallest absolute Gasteiger partial charge is 0.183 e. The van der Waals surface area contributed by atoms with Crippen LogP contribution >= 0.6 is 11.3 Å². The summed E-state index contributed by atoms with van der Waals surface area (Å²) in [6.45, 7) is 8.11. The molecule has 0 atom stereocenters. The molecule has 0 spiro atoms. The van der Waals surface area contributed by atoms with Crippen LogP contribution < -0.4 is 11.1 Å². The Bertz CT molecular complexity index is 1020. The Morgan fingerprint density at radius 2 is 1.93 bits per heavy atom. The van der Waals surface area contributed by atoms with Crippen LogP contribution in [-0.4, -0.2) is 36.1 Å². The Hall–Kier alpha value is -2.83. The highest BCUT2D eigenvalue weighted by atomic mass is 32.1. The first-order valence-corrected chi connectivity index (χ1v) is 11.3. The second kappa shape index (κ2) is 9.78. The number of hydrogen-bond donors (Lipinski definition) is 2. The fourth-order valence-electron chi connectivity index (χ4n) is 3.76. The van der Waals surface area contributed by atoms with Crippen LogP contribution in [0.3, 0.4) is 0 Å². The molecule has 3 aromatic rings. The van der Waals surface area contributed by atoms with Crippen molar-refractivity contribution in [1.82, 2.24) is 9.88 Å². The Morgan fingerprint density at radius 3 is 2.70 bits per heavy atom. The van der Waals surface area contributed by atoms with Crippen LogP contribution in [0.4, 0.5) is 5.13 Å². The minimum absolute atomic E-state index is 0.583. The highest BCUT2D eigenvalue weighted by molar-refractivity contribution is 7.22. The predicted octanol–water partition coefficient (Wildman–Crippen LogP) is 5.14. The van der Waals surface area contributed by atoms with Gasteiger partial charge in [0.05, 0.1) is 22.2 Å². The van der Waals surface area contributed by atoms with E-state index in [4.69, 9.17) is 15.5 Å². The van der Waals surface area contributed by atoms with E-state index in [2.05, 4.69) is 22.9 Å². The minimum Gasteiger partial charge on any atom is -0.463 e. The number of hydrogen-bond acceptors (Lipinski definition) is 6. The van der Waals surface area contributed by atoms with Gasteiger partial charge in [-0.05, 0) is 44.1 Å². The number of nitrogens with two attached hydrogens (primary N) is 1. The zero-order chi connectivity index (χ0) is 20.8. The molecule has 1 saturated heterocycles. The molecule has 2 heterocycles. The molecule has 1 aliphatic heterocycles. The number of rotatable bonds is 8. The summed E-state index contributed by atoms with van der Waals surface area (Å²) in [5.74, 6) is 0.603. The summed E-state index contributed by atoms with van der Waals surface area (Å²) < 4.78 is 6.81. The average Bonchev–Trinajstić information content (AvgIpc) is 3.20. The summed E-state index contributed by atoms with van der Waals surface area (Å²) >= 11 is 1.66. The van der Waals surface area contributed by atoms with Crippen molar-refractivity contribution >= 4 is 38.1 Å². The molecule has 0 bridgehead atoms. The van der Waals surface area contributed by atoms with Crippen LogP contribution in [0.15, 0.2) is 61.4 Å². The van der Waals surface area contributed by atoms with Crippen molar-refractivity contribution in [3.05, 3.63) is 72.5 Å². The van der Waals surface area contributed by atoms with E-state index in [0.29, 0.717) is 11.5 Å². The molecule has 2 aromatic carbocycles. The Balaban J connectivity index is 1.52. The van der Waals surface area contributed by atoms with Gasteiger partial charge in [0.15, 0.2) is 10.9 Å². The quantitative estimate of drug-likeness (QED) is 0.390. The zero-order valence-corrected chi connectivity index (χ0v) is 18.0. The molecule has 0 saturated carbocycles. The van der Waals surface area contributed by atoms with Crippen molar-refractivity contribution < 1.29 is 4.74 Å². The monoisotopic (exact) mass is 420 g/mol. The van der Waals surface area contributed by atoms with E-state index in [1.54, 1.807) is 11.3 Å². The molecule has 1 aromatic heterocycles. The lowest BCUT2D eigenvalue weighted by atomic mass is 10.1. The molecule has 1 aliphatic rings. The van der Waals surface area contributed by atoms with Gasteiger partial charge in [-0.3, -0.25) is 0 Å². The summed E-state index contributed by atoms with van der Waals surface area (Å²) in [5, 5.41) is 4.43. The van der Waals surface area contributed by atoms with Gasteiger partial charge in [-0.25, -0.2) is 4.98 Å². The number of likely N-dealkylation sites (tertiary alicyclic amines) is 1. The normalized spacial score (nSPS) is 15.6. The van der Waals surface area contributed by atoms with Gasteiger partial charge in [0.25, 0.3) is 0 Å². The number of aromatic nitrogens is 1. The van der Waals surface area contributed by atoms with Gasteiger partial charge >= 0.3 is 0 Å². The van der Waals surface area contributed by atoms with E-state index in [-0.39, 0.29) is 0 Å². The van der Waals surface area contributed by atoms with E-state index < -0.39 is 0 Å². The minimum atomic E-state index is 0.583. The maximum atomic E-state index is 6.42. The molecular formula is C24H28N4OS. The predicted molar refractivity (Wildman–Crippen MR) is 127 cm³/mol. The maximum absolute atomic E-state index is 6.42. The number of thiazole rings is 1. The third kappa shape index (κ3) is 4.83.